The van der Waals surface area contributed by atoms with Crippen LogP contribution >= 0.6 is 0 Å². The number of nitrogens with zero attached hydrogens (tertiary/aromatic N) is 2. The lowest BCUT2D eigenvalue weighted by Gasteiger charge is -2.52. The summed E-state index contributed by atoms with van der Waals surface area (Å²) >= 11 is 0. The number of aromatic nitrogens is 1. The summed E-state index contributed by atoms with van der Waals surface area (Å²) in [6, 6.07) is 8.83. The first kappa shape index (κ1) is 20.6. The van der Waals surface area contributed by atoms with E-state index in [0.717, 1.165) is 36.1 Å². The Morgan fingerprint density at radius 2 is 2.10 bits per heavy atom. The van der Waals surface area contributed by atoms with E-state index in [2.05, 4.69) is 41.9 Å². The van der Waals surface area contributed by atoms with Gasteiger partial charge in [0.25, 0.3) is 0 Å². The molecule has 4 heteroatoms. The molecule has 3 fully saturated rings. The van der Waals surface area contributed by atoms with Crippen molar-refractivity contribution in [2.24, 2.45) is 11.8 Å². The third-order valence-corrected chi connectivity index (χ3v) is 7.14. The third-order valence-electron chi connectivity index (χ3n) is 7.14. The van der Waals surface area contributed by atoms with Crippen LogP contribution in [0.4, 0.5) is 0 Å². The molecular weight excluding hydrogens is 360 g/mol. The molecule has 3 saturated heterocycles. The highest BCUT2D eigenvalue weighted by Gasteiger charge is 2.43. The molecule has 0 saturated carbocycles. The van der Waals surface area contributed by atoms with Crippen LogP contribution in [0.15, 0.2) is 30.5 Å². The molecule has 3 aliphatic rings. The van der Waals surface area contributed by atoms with Crippen molar-refractivity contribution in [2.75, 3.05) is 26.8 Å². The number of methoxy groups -OCH3 is 1. The topological polar surface area (TPSA) is 34.6 Å². The van der Waals surface area contributed by atoms with Gasteiger partial charge in [-0.05, 0) is 67.5 Å². The fraction of sp³-hybridized carbons (Fsp3) is 0.640. The van der Waals surface area contributed by atoms with Crippen LogP contribution in [0.25, 0.3) is 10.9 Å². The second-order valence-corrected chi connectivity index (χ2v) is 8.80. The van der Waals surface area contributed by atoms with Gasteiger partial charge in [-0.2, -0.15) is 0 Å². The van der Waals surface area contributed by atoms with Crippen LogP contribution in [0, 0.1) is 11.8 Å². The molecule has 0 amide bonds. The molecule has 5 rings (SSSR count). The summed E-state index contributed by atoms with van der Waals surface area (Å²) in [7, 11) is 1.73. The minimum Gasteiger partial charge on any atom is -0.497 e. The van der Waals surface area contributed by atoms with Gasteiger partial charge < -0.3 is 9.47 Å². The molecule has 0 aliphatic carbocycles. The number of rotatable bonds is 9. The first-order valence-corrected chi connectivity index (χ1v) is 11.5. The Labute approximate surface area is 175 Å². The molecule has 0 N–H and O–H groups in total. The number of ether oxygens (including phenoxy) is 2. The fourth-order valence-corrected chi connectivity index (χ4v) is 5.45. The van der Waals surface area contributed by atoms with Gasteiger partial charge in [0.1, 0.15) is 5.75 Å². The van der Waals surface area contributed by atoms with E-state index in [9.17, 15) is 0 Å². The zero-order valence-corrected chi connectivity index (χ0v) is 18.3. The molecule has 1 aromatic heterocycles. The lowest BCUT2D eigenvalue weighted by Crippen LogP contribution is -2.55. The van der Waals surface area contributed by atoms with Gasteiger partial charge in [-0.15, -0.1) is 0 Å². The predicted octanol–water partition coefficient (Wildman–Crippen LogP) is 5.61. The van der Waals surface area contributed by atoms with Crippen LogP contribution in [0.1, 0.15) is 64.0 Å². The molecule has 5 atom stereocenters. The van der Waals surface area contributed by atoms with Gasteiger partial charge in [-0.3, -0.25) is 9.88 Å². The number of fused-ring (bicyclic) bond motifs is 4. The molecule has 0 radical (unpaired) electrons. The summed E-state index contributed by atoms with van der Waals surface area (Å²) in [6.07, 6.45) is 9.53. The van der Waals surface area contributed by atoms with Crippen molar-refractivity contribution in [3.8, 4) is 5.75 Å². The van der Waals surface area contributed by atoms with Crippen molar-refractivity contribution in [1.82, 2.24) is 9.88 Å². The van der Waals surface area contributed by atoms with Crippen LogP contribution in [0.3, 0.4) is 0 Å². The molecule has 2 bridgehead atoms. The molecule has 29 heavy (non-hydrogen) atoms. The van der Waals surface area contributed by atoms with Crippen molar-refractivity contribution in [1.29, 1.82) is 0 Å². The standard InChI is InChI=1S/C25H36N2O2/c1-4-6-7-14-29-25(24-15-19-11-13-27(24)17-18(19)5-2)21-10-12-26-23-9-8-20(28-3)16-22(21)23/h8-10,12,16,18-19,24-25H,4-7,11,13-15,17H2,1-3H3/t18-,19-,24+,25-/m0/s1. The number of benzene rings is 1. The summed E-state index contributed by atoms with van der Waals surface area (Å²) in [5.41, 5.74) is 2.30. The lowest BCUT2D eigenvalue weighted by atomic mass is 9.72. The Morgan fingerprint density at radius 3 is 2.83 bits per heavy atom. The normalized spacial score (nSPS) is 27.3. The Kier molecular flexibility index (Phi) is 6.71. The van der Waals surface area contributed by atoms with E-state index < -0.39 is 0 Å². The average Bonchev–Trinajstić information content (AvgIpc) is 2.78. The predicted molar refractivity (Wildman–Crippen MR) is 118 cm³/mol. The summed E-state index contributed by atoms with van der Waals surface area (Å²) in [5.74, 6) is 2.59. The molecule has 1 unspecified atom stereocenters. The maximum atomic E-state index is 6.66. The van der Waals surface area contributed by atoms with Crippen molar-refractivity contribution >= 4 is 10.9 Å². The van der Waals surface area contributed by atoms with E-state index in [1.807, 2.05) is 12.3 Å². The number of unbranched alkanes of at least 4 members (excludes halogenated alkanes) is 2. The second kappa shape index (κ2) is 9.44. The average molecular weight is 397 g/mol. The van der Waals surface area contributed by atoms with Crippen molar-refractivity contribution in [2.45, 2.75) is 64.5 Å². The maximum absolute atomic E-state index is 6.66. The highest BCUT2D eigenvalue weighted by atomic mass is 16.5. The van der Waals surface area contributed by atoms with Gasteiger partial charge in [-0.25, -0.2) is 0 Å². The van der Waals surface area contributed by atoms with Gasteiger partial charge in [0, 0.05) is 30.8 Å². The Bertz CT molecular complexity index is 809. The first-order valence-electron chi connectivity index (χ1n) is 11.5. The van der Waals surface area contributed by atoms with Gasteiger partial charge in [0.15, 0.2) is 0 Å². The molecule has 3 aliphatic heterocycles. The fourth-order valence-electron chi connectivity index (χ4n) is 5.45. The smallest absolute Gasteiger partial charge is 0.119 e. The van der Waals surface area contributed by atoms with Crippen LogP contribution < -0.4 is 4.74 Å². The summed E-state index contributed by atoms with van der Waals surface area (Å²) in [4.78, 5) is 7.32. The number of hydrogen-bond acceptors (Lipinski definition) is 4. The number of piperidine rings is 3. The highest BCUT2D eigenvalue weighted by molar-refractivity contribution is 5.84. The molecule has 158 valence electrons. The monoisotopic (exact) mass is 396 g/mol. The van der Waals surface area contributed by atoms with Crippen molar-refractivity contribution in [3.05, 3.63) is 36.0 Å². The van der Waals surface area contributed by atoms with Gasteiger partial charge >= 0.3 is 0 Å². The van der Waals surface area contributed by atoms with Gasteiger partial charge in [0.05, 0.1) is 18.7 Å². The van der Waals surface area contributed by atoms with Crippen molar-refractivity contribution in [3.63, 3.8) is 0 Å². The molecule has 4 heterocycles. The molecule has 2 aromatic rings. The van der Waals surface area contributed by atoms with Crippen LogP contribution in [0.2, 0.25) is 0 Å². The highest BCUT2D eigenvalue weighted by Crippen LogP contribution is 2.44. The lowest BCUT2D eigenvalue weighted by molar-refractivity contribution is -0.0834. The van der Waals surface area contributed by atoms with E-state index in [4.69, 9.17) is 9.47 Å². The van der Waals surface area contributed by atoms with E-state index in [-0.39, 0.29) is 6.10 Å². The van der Waals surface area contributed by atoms with Crippen LogP contribution in [0.5, 0.6) is 5.75 Å². The minimum absolute atomic E-state index is 0.102. The summed E-state index contributed by atoms with van der Waals surface area (Å²) < 4.78 is 12.2. The zero-order chi connectivity index (χ0) is 20.2. The number of pyridine rings is 1. The van der Waals surface area contributed by atoms with E-state index in [1.165, 1.54) is 56.1 Å². The summed E-state index contributed by atoms with van der Waals surface area (Å²) in [5, 5.41) is 1.17. The van der Waals surface area contributed by atoms with Gasteiger partial charge in [0.2, 0.25) is 0 Å². The van der Waals surface area contributed by atoms with E-state index in [0.29, 0.717) is 6.04 Å². The van der Waals surface area contributed by atoms with Crippen LogP contribution in [-0.4, -0.2) is 42.7 Å². The summed E-state index contributed by atoms with van der Waals surface area (Å²) in [6.45, 7) is 7.87. The van der Waals surface area contributed by atoms with Gasteiger partial charge in [-0.1, -0.05) is 33.1 Å². The van der Waals surface area contributed by atoms with E-state index >= 15 is 0 Å². The quantitative estimate of drug-likeness (QED) is 0.516. The second-order valence-electron chi connectivity index (χ2n) is 8.80. The maximum Gasteiger partial charge on any atom is 0.119 e. The Hall–Kier alpha value is -1.65. The number of hydrogen-bond donors (Lipinski definition) is 0. The minimum atomic E-state index is 0.102. The molecular formula is C25H36N2O2. The molecule has 1 aromatic carbocycles. The Balaban J connectivity index is 1.67. The third kappa shape index (κ3) is 4.29. The largest absolute Gasteiger partial charge is 0.497 e. The molecule has 4 nitrogen and oxygen atoms in total. The zero-order valence-electron chi connectivity index (χ0n) is 18.3. The SMILES string of the molecule is CCCCCO[C@@H](c1ccnc2ccc(OC)cc12)[C@H]1C[C@@H]2CCN1C[C@@H]2CC. The van der Waals surface area contributed by atoms with Crippen molar-refractivity contribution < 1.29 is 9.47 Å². The van der Waals surface area contributed by atoms with Crippen LogP contribution in [-0.2, 0) is 4.74 Å². The molecule has 0 spiro atoms. The van der Waals surface area contributed by atoms with E-state index in [1.54, 1.807) is 7.11 Å². The first-order chi connectivity index (χ1) is 14.2. The Morgan fingerprint density at radius 1 is 1.21 bits per heavy atom.